The van der Waals surface area contributed by atoms with E-state index in [0.29, 0.717) is 19.8 Å². The summed E-state index contributed by atoms with van der Waals surface area (Å²) in [5.41, 5.74) is 2.50. The molecule has 2 aromatic rings. The topological polar surface area (TPSA) is 44.8 Å². The normalized spacial score (nSPS) is 15.5. The molecular formula is C21H25F2N3O2. The maximum atomic E-state index is 13.3. The number of ether oxygens (including phenoxy) is 1. The smallest absolute Gasteiger partial charge is 0.241 e. The lowest BCUT2D eigenvalue weighted by atomic mass is 10.1. The van der Waals surface area contributed by atoms with Gasteiger partial charge in [0.25, 0.3) is 0 Å². The van der Waals surface area contributed by atoms with Gasteiger partial charge >= 0.3 is 0 Å². The van der Waals surface area contributed by atoms with E-state index in [9.17, 15) is 13.6 Å². The van der Waals surface area contributed by atoms with Gasteiger partial charge in [-0.3, -0.25) is 9.69 Å². The van der Waals surface area contributed by atoms with E-state index in [0.717, 1.165) is 36.5 Å². The van der Waals surface area contributed by atoms with Crippen molar-refractivity contribution in [1.29, 1.82) is 0 Å². The van der Waals surface area contributed by atoms with E-state index in [-0.39, 0.29) is 11.6 Å². The van der Waals surface area contributed by atoms with Crippen molar-refractivity contribution in [2.24, 2.45) is 0 Å². The lowest BCUT2D eigenvalue weighted by Crippen LogP contribution is -2.40. The highest BCUT2D eigenvalue weighted by Crippen LogP contribution is 2.23. The number of morpholine rings is 1. The van der Waals surface area contributed by atoms with Crippen LogP contribution >= 0.6 is 0 Å². The number of carbonyl (C=O) groups excluding carboxylic acids is 1. The van der Waals surface area contributed by atoms with Gasteiger partial charge in [0.05, 0.1) is 19.3 Å². The van der Waals surface area contributed by atoms with Crippen LogP contribution in [-0.4, -0.2) is 50.2 Å². The summed E-state index contributed by atoms with van der Waals surface area (Å²) in [6.45, 7) is 5.46. The first kappa shape index (κ1) is 20.2. The van der Waals surface area contributed by atoms with Crippen LogP contribution in [0.3, 0.4) is 0 Å². The first-order valence-electron chi connectivity index (χ1n) is 9.32. The number of hydrogen-bond acceptors (Lipinski definition) is 4. The van der Waals surface area contributed by atoms with Gasteiger partial charge in [0, 0.05) is 37.1 Å². The fraction of sp³-hybridized carbons (Fsp3) is 0.381. The van der Waals surface area contributed by atoms with Gasteiger partial charge in [-0.1, -0.05) is 18.2 Å². The predicted octanol–water partition coefficient (Wildman–Crippen LogP) is 3.26. The summed E-state index contributed by atoms with van der Waals surface area (Å²) < 4.78 is 31.8. The maximum absolute atomic E-state index is 13.3. The summed E-state index contributed by atoms with van der Waals surface area (Å²) in [7, 11) is 1.87. The Hall–Kier alpha value is -2.51. The molecule has 1 atom stereocenters. The third-order valence-electron chi connectivity index (χ3n) is 4.99. The highest BCUT2D eigenvalue weighted by Gasteiger charge is 2.21. The second-order valence-corrected chi connectivity index (χ2v) is 6.94. The molecule has 1 amide bonds. The van der Waals surface area contributed by atoms with Gasteiger partial charge in [0.15, 0.2) is 11.6 Å². The molecule has 1 saturated heterocycles. The Balaban J connectivity index is 1.66. The van der Waals surface area contributed by atoms with Gasteiger partial charge in [-0.05, 0) is 37.7 Å². The van der Waals surface area contributed by atoms with Crippen molar-refractivity contribution in [3.63, 3.8) is 0 Å². The number of likely N-dealkylation sites (N-methyl/N-ethyl adjacent to an activating group) is 1. The van der Waals surface area contributed by atoms with E-state index in [1.54, 1.807) is 6.92 Å². The molecule has 1 fully saturated rings. The van der Waals surface area contributed by atoms with E-state index in [4.69, 9.17) is 4.74 Å². The Kier molecular flexibility index (Phi) is 6.59. The molecule has 3 rings (SSSR count). The first-order chi connectivity index (χ1) is 13.5. The molecule has 0 unspecified atom stereocenters. The molecule has 0 radical (unpaired) electrons. The number of nitrogens with zero attached hydrogens (tertiary/aromatic N) is 2. The molecule has 0 bridgehead atoms. The molecule has 0 spiro atoms. The van der Waals surface area contributed by atoms with Crippen molar-refractivity contribution in [3.8, 4) is 0 Å². The van der Waals surface area contributed by atoms with Crippen LogP contribution in [0.5, 0.6) is 0 Å². The highest BCUT2D eigenvalue weighted by molar-refractivity contribution is 5.94. The highest BCUT2D eigenvalue weighted by atomic mass is 19.2. The number of amides is 1. The van der Waals surface area contributed by atoms with Gasteiger partial charge in [0.2, 0.25) is 5.91 Å². The minimum absolute atomic E-state index is 0.234. The molecule has 0 aromatic heterocycles. The SMILES string of the molecule is C[C@H](C(=O)Nc1ccc(F)c(F)c1)N(C)Cc1ccccc1N1CCOCC1. The average Bonchev–Trinajstić information content (AvgIpc) is 2.71. The number of carbonyl (C=O) groups is 1. The van der Waals surface area contributed by atoms with E-state index >= 15 is 0 Å². The second kappa shape index (κ2) is 9.12. The fourth-order valence-corrected chi connectivity index (χ4v) is 3.18. The van der Waals surface area contributed by atoms with Crippen LogP contribution in [0.15, 0.2) is 42.5 Å². The van der Waals surface area contributed by atoms with Gasteiger partial charge in [0.1, 0.15) is 0 Å². The van der Waals surface area contributed by atoms with Crippen molar-refractivity contribution >= 4 is 17.3 Å². The predicted molar refractivity (Wildman–Crippen MR) is 105 cm³/mol. The van der Waals surface area contributed by atoms with Crippen molar-refractivity contribution in [3.05, 3.63) is 59.7 Å². The number of nitrogens with one attached hydrogen (secondary N) is 1. The number of benzene rings is 2. The van der Waals surface area contributed by atoms with Gasteiger partial charge in [-0.2, -0.15) is 0 Å². The number of hydrogen-bond donors (Lipinski definition) is 1. The van der Waals surface area contributed by atoms with Crippen LogP contribution in [-0.2, 0) is 16.1 Å². The number of anilines is 2. The van der Waals surface area contributed by atoms with Crippen molar-refractivity contribution < 1.29 is 18.3 Å². The van der Waals surface area contributed by atoms with E-state index in [2.05, 4.69) is 22.3 Å². The largest absolute Gasteiger partial charge is 0.378 e. The van der Waals surface area contributed by atoms with Crippen LogP contribution in [0.2, 0.25) is 0 Å². The summed E-state index contributed by atoms with van der Waals surface area (Å²) in [6, 6.07) is 11.0. The number of rotatable bonds is 6. The van der Waals surface area contributed by atoms with E-state index in [1.165, 1.54) is 6.07 Å². The number of para-hydroxylation sites is 1. The Labute approximate surface area is 163 Å². The fourth-order valence-electron chi connectivity index (χ4n) is 3.18. The molecule has 2 aromatic carbocycles. The first-order valence-corrected chi connectivity index (χ1v) is 9.32. The van der Waals surface area contributed by atoms with E-state index < -0.39 is 17.7 Å². The van der Waals surface area contributed by atoms with Gasteiger partial charge < -0.3 is 15.0 Å². The van der Waals surface area contributed by atoms with Gasteiger partial charge in [-0.25, -0.2) is 8.78 Å². The zero-order valence-corrected chi connectivity index (χ0v) is 16.1. The number of halogens is 2. The Morgan fingerprint density at radius 2 is 1.89 bits per heavy atom. The molecule has 5 nitrogen and oxygen atoms in total. The molecule has 1 aliphatic rings. The molecule has 150 valence electrons. The average molecular weight is 389 g/mol. The zero-order chi connectivity index (χ0) is 20.1. The standard InChI is InChI=1S/C21H25F2N3O2/c1-15(21(27)24-17-7-8-18(22)19(23)13-17)25(2)14-16-5-3-4-6-20(16)26-9-11-28-12-10-26/h3-8,13,15H,9-12,14H2,1-2H3,(H,24,27)/t15-/m1/s1. The Morgan fingerprint density at radius 1 is 1.18 bits per heavy atom. The Bertz CT molecular complexity index is 825. The quantitative estimate of drug-likeness (QED) is 0.824. The minimum atomic E-state index is -0.988. The van der Waals surface area contributed by atoms with Crippen molar-refractivity contribution in [2.45, 2.75) is 19.5 Å². The Morgan fingerprint density at radius 3 is 2.61 bits per heavy atom. The summed E-state index contributed by atoms with van der Waals surface area (Å²) >= 11 is 0. The molecule has 0 saturated carbocycles. The summed E-state index contributed by atoms with van der Waals surface area (Å²) in [5, 5.41) is 2.64. The van der Waals surface area contributed by atoms with Crippen molar-refractivity contribution in [1.82, 2.24) is 4.90 Å². The maximum Gasteiger partial charge on any atom is 0.241 e. The molecule has 1 aliphatic heterocycles. The lowest BCUT2D eigenvalue weighted by Gasteiger charge is -2.32. The third kappa shape index (κ3) is 4.85. The monoisotopic (exact) mass is 389 g/mol. The van der Waals surface area contributed by atoms with Crippen LogP contribution in [0.1, 0.15) is 12.5 Å². The van der Waals surface area contributed by atoms with Crippen LogP contribution in [0.4, 0.5) is 20.2 Å². The minimum Gasteiger partial charge on any atom is -0.378 e. The zero-order valence-electron chi connectivity index (χ0n) is 16.1. The molecule has 1 N–H and O–H groups in total. The van der Waals surface area contributed by atoms with Crippen LogP contribution in [0, 0.1) is 11.6 Å². The van der Waals surface area contributed by atoms with E-state index in [1.807, 2.05) is 24.1 Å². The molecular weight excluding hydrogens is 364 g/mol. The molecule has 1 heterocycles. The third-order valence-corrected chi connectivity index (χ3v) is 4.99. The summed E-state index contributed by atoms with van der Waals surface area (Å²) in [6.07, 6.45) is 0. The van der Waals surface area contributed by atoms with Gasteiger partial charge in [-0.15, -0.1) is 0 Å². The summed E-state index contributed by atoms with van der Waals surface area (Å²) in [4.78, 5) is 16.7. The lowest BCUT2D eigenvalue weighted by molar-refractivity contribution is -0.120. The molecule has 7 heteroatoms. The second-order valence-electron chi connectivity index (χ2n) is 6.94. The van der Waals surface area contributed by atoms with Crippen LogP contribution in [0.25, 0.3) is 0 Å². The molecule has 0 aliphatic carbocycles. The summed E-state index contributed by atoms with van der Waals surface area (Å²) in [5.74, 6) is -2.21. The van der Waals surface area contributed by atoms with Crippen molar-refractivity contribution in [2.75, 3.05) is 43.6 Å². The molecule has 28 heavy (non-hydrogen) atoms. The van der Waals surface area contributed by atoms with Crippen LogP contribution < -0.4 is 10.2 Å².